The highest BCUT2D eigenvalue weighted by molar-refractivity contribution is 6.21. The maximum atomic E-state index is 12.4. The number of carbonyl (C=O) groups is 2. The molecule has 0 radical (unpaired) electrons. The standard InChI is InChI=1S/C18H16N2O6/c1-11-2-5-14(6-3-11)26-10-13(21)9-19-17(22)15-7-4-12(20(24)25)8-16(15)18(19)23/h2-8,13,21H,9-10H2,1H3/t13-/m1/s1. The first-order valence-electron chi connectivity index (χ1n) is 7.89. The lowest BCUT2D eigenvalue weighted by Crippen LogP contribution is -2.39. The van der Waals surface area contributed by atoms with Gasteiger partial charge in [0.1, 0.15) is 18.5 Å². The van der Waals surface area contributed by atoms with E-state index in [1.54, 1.807) is 12.1 Å². The first-order valence-corrected chi connectivity index (χ1v) is 7.89. The molecule has 0 saturated heterocycles. The van der Waals surface area contributed by atoms with Crippen LogP contribution >= 0.6 is 0 Å². The molecule has 1 aliphatic rings. The van der Waals surface area contributed by atoms with E-state index >= 15 is 0 Å². The number of fused-ring (bicyclic) bond motifs is 1. The Kier molecular flexibility index (Phi) is 4.68. The van der Waals surface area contributed by atoms with Crippen LogP contribution < -0.4 is 4.74 Å². The molecular weight excluding hydrogens is 340 g/mol. The second-order valence-electron chi connectivity index (χ2n) is 5.99. The molecule has 0 unspecified atom stereocenters. The molecule has 0 spiro atoms. The van der Waals surface area contributed by atoms with E-state index in [-0.39, 0.29) is 30.0 Å². The minimum Gasteiger partial charge on any atom is -0.491 e. The van der Waals surface area contributed by atoms with Gasteiger partial charge in [-0.2, -0.15) is 0 Å². The largest absolute Gasteiger partial charge is 0.491 e. The van der Waals surface area contributed by atoms with E-state index in [2.05, 4.69) is 0 Å². The maximum absolute atomic E-state index is 12.4. The molecule has 0 saturated carbocycles. The third-order valence-electron chi connectivity index (χ3n) is 4.02. The molecule has 8 nitrogen and oxygen atoms in total. The van der Waals surface area contributed by atoms with Crippen LogP contribution in [0.1, 0.15) is 26.3 Å². The van der Waals surface area contributed by atoms with Crippen LogP contribution in [0.15, 0.2) is 42.5 Å². The number of ether oxygens (including phenoxy) is 1. The molecule has 1 aliphatic heterocycles. The average Bonchev–Trinajstić information content (AvgIpc) is 2.85. The van der Waals surface area contributed by atoms with Crippen LogP contribution in [-0.4, -0.2) is 46.0 Å². The summed E-state index contributed by atoms with van der Waals surface area (Å²) in [6.07, 6.45) is -1.09. The van der Waals surface area contributed by atoms with Gasteiger partial charge in [-0.3, -0.25) is 24.6 Å². The van der Waals surface area contributed by atoms with Gasteiger partial charge in [0.05, 0.1) is 22.6 Å². The zero-order valence-electron chi connectivity index (χ0n) is 13.9. The number of carbonyl (C=O) groups excluding carboxylic acids is 2. The summed E-state index contributed by atoms with van der Waals surface area (Å²) < 4.78 is 5.44. The van der Waals surface area contributed by atoms with Gasteiger partial charge in [0.15, 0.2) is 0 Å². The van der Waals surface area contributed by atoms with Gasteiger partial charge in [0.2, 0.25) is 0 Å². The predicted molar refractivity (Wildman–Crippen MR) is 91.1 cm³/mol. The summed E-state index contributed by atoms with van der Waals surface area (Å²) in [6.45, 7) is 1.58. The van der Waals surface area contributed by atoms with Crippen LogP contribution in [0.4, 0.5) is 5.69 Å². The number of nitro groups is 1. The summed E-state index contributed by atoms with van der Waals surface area (Å²) in [5, 5.41) is 20.9. The highest BCUT2D eigenvalue weighted by Gasteiger charge is 2.37. The normalized spacial score (nSPS) is 14.3. The number of nitro benzene ring substituents is 1. The molecule has 2 aromatic carbocycles. The van der Waals surface area contributed by atoms with E-state index in [0.717, 1.165) is 16.5 Å². The Hall–Kier alpha value is -3.26. The molecule has 3 rings (SSSR count). The third kappa shape index (κ3) is 3.40. The summed E-state index contributed by atoms with van der Waals surface area (Å²) >= 11 is 0. The van der Waals surface area contributed by atoms with Crippen molar-refractivity contribution in [2.45, 2.75) is 13.0 Å². The molecule has 26 heavy (non-hydrogen) atoms. The van der Waals surface area contributed by atoms with Crippen molar-refractivity contribution in [2.75, 3.05) is 13.2 Å². The number of amides is 2. The number of hydrogen-bond donors (Lipinski definition) is 1. The fourth-order valence-corrected chi connectivity index (χ4v) is 2.65. The van der Waals surface area contributed by atoms with Crippen molar-refractivity contribution < 1.29 is 24.4 Å². The number of nitrogens with zero attached hydrogens (tertiary/aromatic N) is 2. The van der Waals surface area contributed by atoms with Crippen LogP contribution in [0, 0.1) is 17.0 Å². The highest BCUT2D eigenvalue weighted by atomic mass is 16.6. The molecular formula is C18H16N2O6. The zero-order valence-corrected chi connectivity index (χ0v) is 13.9. The summed E-state index contributed by atoms with van der Waals surface area (Å²) in [4.78, 5) is 35.7. The number of aryl methyl sites for hydroxylation is 1. The molecule has 0 aliphatic carbocycles. The minimum absolute atomic E-state index is 0.0316. The van der Waals surface area contributed by atoms with E-state index in [9.17, 15) is 24.8 Å². The Labute approximate surface area is 148 Å². The van der Waals surface area contributed by atoms with E-state index in [1.807, 2.05) is 19.1 Å². The minimum atomic E-state index is -1.09. The Morgan fingerprint density at radius 1 is 1.12 bits per heavy atom. The molecule has 8 heteroatoms. The summed E-state index contributed by atoms with van der Waals surface area (Å²) in [7, 11) is 0. The van der Waals surface area contributed by atoms with Crippen LogP contribution in [0.2, 0.25) is 0 Å². The fraction of sp³-hybridized carbons (Fsp3) is 0.222. The molecule has 2 aromatic rings. The van der Waals surface area contributed by atoms with Gasteiger partial charge < -0.3 is 9.84 Å². The molecule has 2 amide bonds. The molecule has 1 atom stereocenters. The summed E-state index contributed by atoms with van der Waals surface area (Å²) in [6, 6.07) is 10.7. The van der Waals surface area contributed by atoms with Crippen LogP contribution in [0.25, 0.3) is 0 Å². The van der Waals surface area contributed by atoms with Gasteiger partial charge in [-0.1, -0.05) is 17.7 Å². The summed E-state index contributed by atoms with van der Waals surface area (Å²) in [5.74, 6) is -0.690. The van der Waals surface area contributed by atoms with Gasteiger partial charge >= 0.3 is 0 Å². The Morgan fingerprint density at radius 3 is 2.42 bits per heavy atom. The van der Waals surface area contributed by atoms with Crippen molar-refractivity contribution in [1.82, 2.24) is 4.90 Å². The van der Waals surface area contributed by atoms with Gasteiger partial charge in [0, 0.05) is 12.1 Å². The van der Waals surface area contributed by atoms with E-state index < -0.39 is 22.8 Å². The molecule has 1 heterocycles. The number of non-ortho nitro benzene ring substituents is 1. The zero-order chi connectivity index (χ0) is 18.8. The number of hydrogen-bond acceptors (Lipinski definition) is 6. The molecule has 1 N–H and O–H groups in total. The van der Waals surface area contributed by atoms with Crippen molar-refractivity contribution in [3.63, 3.8) is 0 Å². The van der Waals surface area contributed by atoms with Crippen molar-refractivity contribution >= 4 is 17.5 Å². The third-order valence-corrected chi connectivity index (χ3v) is 4.02. The SMILES string of the molecule is Cc1ccc(OC[C@H](O)CN2C(=O)c3ccc([N+](=O)[O-])cc3C2=O)cc1. The lowest BCUT2D eigenvalue weighted by Gasteiger charge is -2.18. The van der Waals surface area contributed by atoms with Crippen LogP contribution in [0.5, 0.6) is 5.75 Å². The van der Waals surface area contributed by atoms with Crippen molar-refractivity contribution in [3.8, 4) is 5.75 Å². The Balaban J connectivity index is 1.66. The number of aliphatic hydroxyl groups excluding tert-OH is 1. The van der Waals surface area contributed by atoms with Crippen molar-refractivity contribution in [1.29, 1.82) is 0 Å². The molecule has 0 fully saturated rings. The maximum Gasteiger partial charge on any atom is 0.270 e. The van der Waals surface area contributed by atoms with Gasteiger partial charge in [0.25, 0.3) is 17.5 Å². The number of β-amino-alcohol motifs (C(OH)–C–C–N with tert-alkyl or cyclic N) is 1. The number of aliphatic hydroxyl groups is 1. The average molecular weight is 356 g/mol. The fourth-order valence-electron chi connectivity index (χ4n) is 2.65. The smallest absolute Gasteiger partial charge is 0.270 e. The topological polar surface area (TPSA) is 110 Å². The second kappa shape index (κ2) is 6.93. The quantitative estimate of drug-likeness (QED) is 0.481. The van der Waals surface area contributed by atoms with Crippen LogP contribution in [-0.2, 0) is 0 Å². The monoisotopic (exact) mass is 356 g/mol. The lowest BCUT2D eigenvalue weighted by atomic mass is 10.1. The first kappa shape index (κ1) is 17.6. The Bertz CT molecular complexity index is 878. The molecule has 134 valence electrons. The lowest BCUT2D eigenvalue weighted by molar-refractivity contribution is -0.384. The second-order valence-corrected chi connectivity index (χ2v) is 5.99. The number of rotatable bonds is 6. The molecule has 0 bridgehead atoms. The van der Waals surface area contributed by atoms with E-state index in [0.29, 0.717) is 5.75 Å². The molecule has 0 aromatic heterocycles. The van der Waals surface area contributed by atoms with E-state index in [1.165, 1.54) is 12.1 Å². The highest BCUT2D eigenvalue weighted by Crippen LogP contribution is 2.27. The number of imide groups is 1. The predicted octanol–water partition coefficient (Wildman–Crippen LogP) is 1.94. The van der Waals surface area contributed by atoms with Gasteiger partial charge in [-0.15, -0.1) is 0 Å². The Morgan fingerprint density at radius 2 is 1.77 bits per heavy atom. The number of benzene rings is 2. The van der Waals surface area contributed by atoms with Gasteiger partial charge in [-0.05, 0) is 25.1 Å². The van der Waals surface area contributed by atoms with E-state index in [4.69, 9.17) is 4.74 Å². The van der Waals surface area contributed by atoms with Crippen LogP contribution in [0.3, 0.4) is 0 Å². The first-order chi connectivity index (χ1) is 12.4. The van der Waals surface area contributed by atoms with Crippen molar-refractivity contribution in [3.05, 3.63) is 69.3 Å². The van der Waals surface area contributed by atoms with Gasteiger partial charge in [-0.25, -0.2) is 0 Å². The summed E-state index contributed by atoms with van der Waals surface area (Å²) in [5.41, 5.74) is 0.858. The van der Waals surface area contributed by atoms with Crippen molar-refractivity contribution in [2.24, 2.45) is 0 Å².